The molecule has 144 valence electrons. The highest BCUT2D eigenvalue weighted by atomic mass is 16.5. The maximum atomic E-state index is 11.9. The van der Waals surface area contributed by atoms with E-state index >= 15 is 0 Å². The third-order valence-corrected chi connectivity index (χ3v) is 5.23. The van der Waals surface area contributed by atoms with Crippen LogP contribution in [-0.4, -0.2) is 35.2 Å². The number of hydrogen-bond donors (Lipinski definition) is 1. The Morgan fingerprint density at radius 1 is 1.11 bits per heavy atom. The van der Waals surface area contributed by atoms with Crippen LogP contribution >= 0.6 is 0 Å². The lowest BCUT2D eigenvalue weighted by Gasteiger charge is -2.40. The highest BCUT2D eigenvalue weighted by Gasteiger charge is 2.35. The summed E-state index contributed by atoms with van der Waals surface area (Å²) in [5, 5.41) is 9.81. The average molecular weight is 367 g/mol. The Labute approximate surface area is 161 Å². The fourth-order valence-corrected chi connectivity index (χ4v) is 4.18. The number of carboxylic acid groups (broad SMARTS) is 1. The van der Waals surface area contributed by atoms with Crippen molar-refractivity contribution in [3.05, 3.63) is 64.7 Å². The molecule has 0 spiro atoms. The molecule has 1 N–H and O–H groups in total. The fourth-order valence-electron chi connectivity index (χ4n) is 4.18. The van der Waals surface area contributed by atoms with Crippen molar-refractivity contribution in [1.29, 1.82) is 0 Å². The van der Waals surface area contributed by atoms with Crippen LogP contribution in [0.3, 0.4) is 0 Å². The summed E-state index contributed by atoms with van der Waals surface area (Å²) in [6.45, 7) is 7.58. The minimum atomic E-state index is -0.727. The zero-order valence-corrected chi connectivity index (χ0v) is 16.4. The molecule has 3 rings (SSSR count). The van der Waals surface area contributed by atoms with Crippen LogP contribution in [0.5, 0.6) is 5.75 Å². The first-order chi connectivity index (χ1) is 13.0. The molecule has 1 fully saturated rings. The number of aryl methyl sites for hydroxylation is 2. The lowest BCUT2D eigenvalue weighted by Crippen LogP contribution is -2.46. The fraction of sp³-hybridized carbons (Fsp3) is 0.435. The van der Waals surface area contributed by atoms with Crippen LogP contribution in [0.15, 0.2) is 42.5 Å². The Morgan fingerprint density at radius 2 is 1.78 bits per heavy atom. The van der Waals surface area contributed by atoms with Crippen molar-refractivity contribution in [2.75, 3.05) is 13.2 Å². The van der Waals surface area contributed by atoms with Crippen molar-refractivity contribution in [3.63, 3.8) is 0 Å². The summed E-state index contributed by atoms with van der Waals surface area (Å²) in [6.07, 6.45) is 2.70. The first-order valence-corrected chi connectivity index (χ1v) is 9.79. The third kappa shape index (κ3) is 4.51. The van der Waals surface area contributed by atoms with Crippen LogP contribution in [0.1, 0.15) is 54.5 Å². The molecule has 2 atom stereocenters. The summed E-state index contributed by atoms with van der Waals surface area (Å²) in [4.78, 5) is 14.1. The maximum absolute atomic E-state index is 11.9. The molecule has 2 aromatic rings. The largest absolute Gasteiger partial charge is 0.494 e. The summed E-state index contributed by atoms with van der Waals surface area (Å²) in [5.41, 5.74) is 4.66. The van der Waals surface area contributed by atoms with Crippen molar-refractivity contribution >= 4 is 5.97 Å². The van der Waals surface area contributed by atoms with Crippen LogP contribution < -0.4 is 4.74 Å². The van der Waals surface area contributed by atoms with Gasteiger partial charge in [-0.05, 0) is 63.4 Å². The van der Waals surface area contributed by atoms with E-state index < -0.39 is 12.0 Å². The SMILES string of the molecule is CCOc1ccc(C(c2cc(C)cc(C)c2)N2CCCCC2C(=O)O)cc1. The maximum Gasteiger partial charge on any atom is 0.320 e. The van der Waals surface area contributed by atoms with Crippen LogP contribution in [0.4, 0.5) is 0 Å². The second kappa shape index (κ2) is 8.57. The molecule has 0 amide bonds. The molecule has 27 heavy (non-hydrogen) atoms. The van der Waals surface area contributed by atoms with Gasteiger partial charge in [0.05, 0.1) is 12.6 Å². The molecule has 0 aromatic heterocycles. The van der Waals surface area contributed by atoms with Gasteiger partial charge in [-0.2, -0.15) is 0 Å². The predicted octanol–water partition coefficient (Wildman–Crippen LogP) is 4.73. The Morgan fingerprint density at radius 3 is 2.37 bits per heavy atom. The highest BCUT2D eigenvalue weighted by Crippen LogP contribution is 2.35. The zero-order valence-electron chi connectivity index (χ0n) is 16.4. The van der Waals surface area contributed by atoms with Gasteiger partial charge in [0, 0.05) is 0 Å². The monoisotopic (exact) mass is 367 g/mol. The van der Waals surface area contributed by atoms with E-state index in [1.807, 2.05) is 19.1 Å². The van der Waals surface area contributed by atoms with Crippen molar-refractivity contribution < 1.29 is 14.6 Å². The topological polar surface area (TPSA) is 49.8 Å². The number of nitrogens with zero attached hydrogens (tertiary/aromatic N) is 1. The minimum absolute atomic E-state index is 0.0688. The number of hydrogen-bond acceptors (Lipinski definition) is 3. The number of ether oxygens (including phenoxy) is 1. The average Bonchev–Trinajstić information content (AvgIpc) is 2.63. The Bertz CT molecular complexity index is 764. The number of likely N-dealkylation sites (tertiary alicyclic amines) is 1. The smallest absolute Gasteiger partial charge is 0.320 e. The molecule has 0 bridgehead atoms. The van der Waals surface area contributed by atoms with Gasteiger partial charge in [-0.1, -0.05) is 47.9 Å². The number of rotatable bonds is 6. The van der Waals surface area contributed by atoms with Crippen LogP contribution in [0, 0.1) is 13.8 Å². The summed E-state index contributed by atoms with van der Waals surface area (Å²) in [6, 6.07) is 14.1. The van der Waals surface area contributed by atoms with Gasteiger partial charge in [-0.15, -0.1) is 0 Å². The van der Waals surface area contributed by atoms with Gasteiger partial charge in [0.1, 0.15) is 11.8 Å². The van der Waals surface area contributed by atoms with E-state index in [0.717, 1.165) is 36.3 Å². The molecule has 0 aliphatic carbocycles. The molecule has 2 aromatic carbocycles. The number of carbonyl (C=O) groups is 1. The Hall–Kier alpha value is -2.33. The number of benzene rings is 2. The third-order valence-electron chi connectivity index (χ3n) is 5.23. The van der Waals surface area contributed by atoms with Crippen molar-refractivity contribution in [3.8, 4) is 5.75 Å². The minimum Gasteiger partial charge on any atom is -0.494 e. The summed E-state index contributed by atoms with van der Waals surface area (Å²) >= 11 is 0. The Kier molecular flexibility index (Phi) is 6.17. The number of piperidine rings is 1. The molecular weight excluding hydrogens is 338 g/mol. The van der Waals surface area contributed by atoms with Crippen molar-refractivity contribution in [1.82, 2.24) is 4.90 Å². The normalized spacial score (nSPS) is 18.9. The van der Waals surface area contributed by atoms with E-state index in [2.05, 4.69) is 49.1 Å². The van der Waals surface area contributed by atoms with E-state index in [9.17, 15) is 9.90 Å². The van der Waals surface area contributed by atoms with Crippen LogP contribution in [0.2, 0.25) is 0 Å². The number of carboxylic acids is 1. The van der Waals surface area contributed by atoms with Crippen LogP contribution in [-0.2, 0) is 4.79 Å². The molecule has 1 heterocycles. The molecule has 2 unspecified atom stereocenters. The van der Waals surface area contributed by atoms with Gasteiger partial charge in [0.2, 0.25) is 0 Å². The van der Waals surface area contributed by atoms with Gasteiger partial charge in [-0.25, -0.2) is 0 Å². The molecule has 0 saturated carbocycles. The van der Waals surface area contributed by atoms with Gasteiger partial charge >= 0.3 is 5.97 Å². The first-order valence-electron chi connectivity index (χ1n) is 9.79. The van der Waals surface area contributed by atoms with E-state index in [0.29, 0.717) is 13.0 Å². The molecule has 4 nitrogen and oxygen atoms in total. The lowest BCUT2D eigenvalue weighted by molar-refractivity contribution is -0.145. The second-order valence-corrected chi connectivity index (χ2v) is 7.41. The predicted molar refractivity (Wildman–Crippen MR) is 107 cm³/mol. The second-order valence-electron chi connectivity index (χ2n) is 7.41. The molecule has 4 heteroatoms. The van der Waals surface area contributed by atoms with Crippen molar-refractivity contribution in [2.24, 2.45) is 0 Å². The Balaban J connectivity index is 2.06. The van der Waals surface area contributed by atoms with E-state index in [-0.39, 0.29) is 6.04 Å². The van der Waals surface area contributed by atoms with E-state index in [4.69, 9.17) is 4.74 Å². The highest BCUT2D eigenvalue weighted by molar-refractivity contribution is 5.73. The van der Waals surface area contributed by atoms with E-state index in [1.54, 1.807) is 0 Å². The van der Waals surface area contributed by atoms with Crippen LogP contribution in [0.25, 0.3) is 0 Å². The summed E-state index contributed by atoms with van der Waals surface area (Å²) < 4.78 is 5.58. The molecule has 1 saturated heterocycles. The first kappa shape index (κ1) is 19.4. The molecule has 1 aliphatic rings. The summed E-state index contributed by atoms with van der Waals surface area (Å²) in [7, 11) is 0. The summed E-state index contributed by atoms with van der Waals surface area (Å²) in [5.74, 6) is 0.115. The zero-order chi connectivity index (χ0) is 19.4. The standard InChI is InChI=1S/C23H29NO3/c1-4-27-20-10-8-18(9-11-20)22(19-14-16(2)13-17(3)15-19)24-12-6-5-7-21(24)23(25)26/h8-11,13-15,21-22H,4-7,12H2,1-3H3,(H,25,26). The molecule has 0 radical (unpaired) electrons. The quantitative estimate of drug-likeness (QED) is 0.802. The molecular formula is C23H29NO3. The van der Waals surface area contributed by atoms with Gasteiger partial charge in [0.25, 0.3) is 0 Å². The lowest BCUT2D eigenvalue weighted by atomic mass is 9.90. The van der Waals surface area contributed by atoms with Gasteiger partial charge in [-0.3, -0.25) is 9.69 Å². The van der Waals surface area contributed by atoms with Crippen molar-refractivity contribution in [2.45, 2.75) is 52.1 Å². The van der Waals surface area contributed by atoms with Gasteiger partial charge < -0.3 is 9.84 Å². The molecule has 1 aliphatic heterocycles. The van der Waals surface area contributed by atoms with E-state index in [1.165, 1.54) is 11.1 Å². The number of aliphatic carboxylic acids is 1. The van der Waals surface area contributed by atoms with Gasteiger partial charge in [0.15, 0.2) is 0 Å².